The van der Waals surface area contributed by atoms with Gasteiger partial charge in [-0.05, 0) is 61.2 Å². The van der Waals surface area contributed by atoms with Gasteiger partial charge < -0.3 is 10.6 Å². The summed E-state index contributed by atoms with van der Waals surface area (Å²) in [5.41, 5.74) is 4.28. The Bertz CT molecular complexity index is 1160. The van der Waals surface area contributed by atoms with Gasteiger partial charge in [-0.2, -0.15) is 0 Å². The molecule has 0 bridgehead atoms. The van der Waals surface area contributed by atoms with E-state index in [2.05, 4.69) is 40.7 Å². The molecule has 0 radical (unpaired) electrons. The predicted octanol–water partition coefficient (Wildman–Crippen LogP) is 3.00. The highest BCUT2D eigenvalue weighted by molar-refractivity contribution is 8.01. The largest absolute Gasteiger partial charge is 0.355 e. The van der Waals surface area contributed by atoms with Crippen molar-refractivity contribution in [1.29, 1.82) is 0 Å². The van der Waals surface area contributed by atoms with Gasteiger partial charge in [0.15, 0.2) is 4.34 Å². The molecule has 164 valence electrons. The SMILES string of the molecule is Cc1ccc(Nc2nnc(SCC(=O)NCCc3ccc(S(N)(=O)=O)cc3)s2)cc1C. The molecule has 1 heterocycles. The van der Waals surface area contributed by atoms with Crippen LogP contribution in [0.3, 0.4) is 0 Å². The Morgan fingerprint density at radius 2 is 1.84 bits per heavy atom. The molecule has 0 saturated carbocycles. The van der Waals surface area contributed by atoms with Crippen LogP contribution in [0.4, 0.5) is 10.8 Å². The molecule has 0 aliphatic carbocycles. The summed E-state index contributed by atoms with van der Waals surface area (Å²) in [6, 6.07) is 12.4. The van der Waals surface area contributed by atoms with Crippen LogP contribution in [0, 0.1) is 13.8 Å². The van der Waals surface area contributed by atoms with Crippen LogP contribution in [0.1, 0.15) is 16.7 Å². The van der Waals surface area contributed by atoms with Gasteiger partial charge in [-0.1, -0.05) is 41.3 Å². The van der Waals surface area contributed by atoms with Crippen LogP contribution in [-0.2, 0) is 21.2 Å². The number of aryl methyl sites for hydroxylation is 2. The maximum Gasteiger partial charge on any atom is 0.238 e. The predicted molar refractivity (Wildman–Crippen MR) is 124 cm³/mol. The van der Waals surface area contributed by atoms with E-state index >= 15 is 0 Å². The highest BCUT2D eigenvalue weighted by atomic mass is 32.2. The molecule has 31 heavy (non-hydrogen) atoms. The maximum absolute atomic E-state index is 12.1. The minimum absolute atomic E-state index is 0.0696. The molecule has 0 atom stereocenters. The molecule has 0 aliphatic heterocycles. The summed E-state index contributed by atoms with van der Waals surface area (Å²) in [5, 5.41) is 20.1. The standard InChI is InChI=1S/C20H23N5O3S3/c1-13-3-6-16(11-14(13)2)23-19-24-25-20(30-19)29-12-18(26)22-10-9-15-4-7-17(8-5-15)31(21,27)28/h3-8,11H,9-10,12H2,1-2H3,(H,22,26)(H,23,24)(H2,21,27,28). The lowest BCUT2D eigenvalue weighted by molar-refractivity contribution is -0.118. The number of benzene rings is 2. The van der Waals surface area contributed by atoms with Gasteiger partial charge in [0.1, 0.15) is 0 Å². The molecule has 4 N–H and O–H groups in total. The summed E-state index contributed by atoms with van der Waals surface area (Å²) in [7, 11) is -3.69. The van der Waals surface area contributed by atoms with Gasteiger partial charge in [0, 0.05) is 12.2 Å². The van der Waals surface area contributed by atoms with E-state index in [1.807, 2.05) is 12.1 Å². The van der Waals surface area contributed by atoms with Crippen molar-refractivity contribution in [3.05, 3.63) is 59.2 Å². The van der Waals surface area contributed by atoms with Gasteiger partial charge >= 0.3 is 0 Å². The number of carbonyl (C=O) groups is 1. The average Bonchev–Trinajstić information content (AvgIpc) is 3.16. The van der Waals surface area contributed by atoms with Crippen molar-refractivity contribution in [3.8, 4) is 0 Å². The van der Waals surface area contributed by atoms with E-state index in [9.17, 15) is 13.2 Å². The average molecular weight is 478 g/mol. The van der Waals surface area contributed by atoms with Gasteiger partial charge in [-0.15, -0.1) is 10.2 Å². The first kappa shape index (κ1) is 23.2. The number of sulfonamides is 1. The van der Waals surface area contributed by atoms with Crippen LogP contribution < -0.4 is 15.8 Å². The van der Waals surface area contributed by atoms with Gasteiger partial charge in [-0.25, -0.2) is 13.6 Å². The van der Waals surface area contributed by atoms with Crippen molar-refractivity contribution in [1.82, 2.24) is 15.5 Å². The number of nitrogens with one attached hydrogen (secondary N) is 2. The Labute approximate surface area is 189 Å². The van der Waals surface area contributed by atoms with Crippen molar-refractivity contribution < 1.29 is 13.2 Å². The summed E-state index contributed by atoms with van der Waals surface area (Å²) in [6.07, 6.45) is 0.587. The Morgan fingerprint density at radius 3 is 2.52 bits per heavy atom. The van der Waals surface area contributed by atoms with Crippen molar-refractivity contribution >= 4 is 49.8 Å². The molecular weight excluding hydrogens is 454 g/mol. The molecule has 0 saturated heterocycles. The third-order valence-corrected chi connectivity index (χ3v) is 7.38. The summed E-state index contributed by atoms with van der Waals surface area (Å²) in [4.78, 5) is 12.1. The van der Waals surface area contributed by atoms with Crippen LogP contribution in [-0.4, -0.2) is 36.8 Å². The zero-order chi connectivity index (χ0) is 22.4. The van der Waals surface area contributed by atoms with E-state index in [1.54, 1.807) is 12.1 Å². The highest BCUT2D eigenvalue weighted by Gasteiger charge is 2.10. The Balaban J connectivity index is 1.41. The fourth-order valence-electron chi connectivity index (χ4n) is 2.63. The normalized spacial score (nSPS) is 11.3. The molecule has 11 heteroatoms. The Morgan fingerprint density at radius 1 is 1.10 bits per heavy atom. The van der Waals surface area contributed by atoms with E-state index < -0.39 is 10.0 Å². The van der Waals surface area contributed by atoms with Gasteiger partial charge in [0.05, 0.1) is 10.6 Å². The van der Waals surface area contributed by atoms with Gasteiger partial charge in [0.25, 0.3) is 0 Å². The van der Waals surface area contributed by atoms with Crippen molar-refractivity contribution in [2.45, 2.75) is 29.5 Å². The fourth-order valence-corrected chi connectivity index (χ4v) is 4.75. The molecule has 0 fully saturated rings. The molecule has 0 spiro atoms. The monoisotopic (exact) mass is 477 g/mol. The molecule has 3 rings (SSSR count). The lowest BCUT2D eigenvalue weighted by atomic mass is 10.1. The fraction of sp³-hybridized carbons (Fsp3) is 0.250. The number of primary sulfonamides is 1. The highest BCUT2D eigenvalue weighted by Crippen LogP contribution is 2.28. The summed E-state index contributed by atoms with van der Waals surface area (Å²) >= 11 is 2.72. The van der Waals surface area contributed by atoms with Crippen LogP contribution in [0.25, 0.3) is 0 Å². The minimum atomic E-state index is -3.69. The van der Waals surface area contributed by atoms with Crippen molar-refractivity contribution in [2.75, 3.05) is 17.6 Å². The summed E-state index contributed by atoms with van der Waals surface area (Å²) in [6.45, 7) is 4.57. The van der Waals surface area contributed by atoms with Crippen molar-refractivity contribution in [2.24, 2.45) is 5.14 Å². The minimum Gasteiger partial charge on any atom is -0.355 e. The number of carbonyl (C=O) groups excluding carboxylic acids is 1. The van der Waals surface area contributed by atoms with Gasteiger partial charge in [-0.3, -0.25) is 4.79 Å². The third kappa shape index (κ3) is 7.03. The Hall–Kier alpha value is -2.47. The van der Waals surface area contributed by atoms with Crippen LogP contribution in [0.5, 0.6) is 0 Å². The number of aromatic nitrogens is 2. The Kier molecular flexibility index (Phi) is 7.65. The number of thioether (sulfide) groups is 1. The third-order valence-electron chi connectivity index (χ3n) is 4.48. The summed E-state index contributed by atoms with van der Waals surface area (Å²) < 4.78 is 23.2. The first-order valence-corrected chi connectivity index (χ1v) is 12.7. The van der Waals surface area contributed by atoms with Gasteiger partial charge in [0.2, 0.25) is 21.1 Å². The number of hydrogen-bond donors (Lipinski definition) is 3. The topological polar surface area (TPSA) is 127 Å². The molecule has 1 amide bonds. The van der Waals surface area contributed by atoms with Crippen LogP contribution >= 0.6 is 23.1 Å². The van der Waals surface area contributed by atoms with Crippen LogP contribution in [0.15, 0.2) is 51.7 Å². The molecule has 3 aromatic rings. The lowest BCUT2D eigenvalue weighted by Gasteiger charge is -2.05. The molecule has 0 unspecified atom stereocenters. The number of nitrogens with zero attached hydrogens (tertiary/aromatic N) is 2. The lowest BCUT2D eigenvalue weighted by Crippen LogP contribution is -2.27. The second-order valence-electron chi connectivity index (χ2n) is 6.87. The quantitative estimate of drug-likeness (QED) is 0.404. The molecule has 8 nitrogen and oxygen atoms in total. The van der Waals surface area contributed by atoms with E-state index in [4.69, 9.17) is 5.14 Å². The number of rotatable bonds is 9. The zero-order valence-electron chi connectivity index (χ0n) is 17.1. The van der Waals surface area contributed by atoms with E-state index in [1.165, 1.54) is 46.4 Å². The maximum atomic E-state index is 12.1. The molecule has 2 aromatic carbocycles. The molecule has 0 aliphatic rings. The van der Waals surface area contributed by atoms with E-state index in [-0.39, 0.29) is 16.6 Å². The summed E-state index contributed by atoms with van der Waals surface area (Å²) in [5.74, 6) is 0.132. The second-order valence-corrected chi connectivity index (χ2v) is 10.6. The zero-order valence-corrected chi connectivity index (χ0v) is 19.5. The number of nitrogens with two attached hydrogens (primary N) is 1. The number of amides is 1. The first-order chi connectivity index (χ1) is 14.7. The smallest absolute Gasteiger partial charge is 0.238 e. The van der Waals surface area contributed by atoms with E-state index in [0.29, 0.717) is 22.4 Å². The number of anilines is 2. The first-order valence-electron chi connectivity index (χ1n) is 9.40. The second kappa shape index (κ2) is 10.2. The molecular formula is C20H23N5O3S3. The molecule has 1 aromatic heterocycles. The van der Waals surface area contributed by atoms with Crippen molar-refractivity contribution in [3.63, 3.8) is 0 Å². The van der Waals surface area contributed by atoms with Crippen LogP contribution in [0.2, 0.25) is 0 Å². The number of hydrogen-bond acceptors (Lipinski definition) is 8. The van der Waals surface area contributed by atoms with E-state index in [0.717, 1.165) is 11.3 Å².